The van der Waals surface area contributed by atoms with Crippen LogP contribution in [-0.2, 0) is 14.8 Å². The van der Waals surface area contributed by atoms with Crippen molar-refractivity contribution in [1.29, 1.82) is 0 Å². The van der Waals surface area contributed by atoms with Gasteiger partial charge in [0.05, 0.1) is 11.3 Å². The van der Waals surface area contributed by atoms with E-state index >= 15 is 0 Å². The minimum atomic E-state index is -3.51. The monoisotopic (exact) mass is 317 g/mol. The Bertz CT molecular complexity index is 822. The molecule has 2 aliphatic rings. The van der Waals surface area contributed by atoms with E-state index in [0.717, 1.165) is 5.56 Å². The average molecular weight is 317 g/mol. The number of nitrogens with one attached hydrogen (secondary N) is 1. The van der Waals surface area contributed by atoms with Crippen LogP contribution in [0.1, 0.15) is 5.56 Å². The maximum absolute atomic E-state index is 12.4. The van der Waals surface area contributed by atoms with Crippen molar-refractivity contribution in [2.75, 3.05) is 17.6 Å². The Morgan fingerprint density at radius 1 is 1.36 bits per heavy atom. The number of allylic oxidation sites excluding steroid dienone is 2. The Morgan fingerprint density at radius 2 is 2.18 bits per heavy atom. The molecule has 0 saturated carbocycles. The Balaban J connectivity index is 1.90. The second-order valence-electron chi connectivity index (χ2n) is 5.14. The smallest absolute Gasteiger partial charge is 0.259 e. The highest BCUT2D eigenvalue weighted by Gasteiger charge is 2.29. The molecule has 7 heteroatoms. The lowest BCUT2D eigenvalue weighted by Crippen LogP contribution is -2.40. The molecule has 0 bridgehead atoms. The summed E-state index contributed by atoms with van der Waals surface area (Å²) in [7, 11) is -3.51. The highest BCUT2D eigenvalue weighted by atomic mass is 32.2. The van der Waals surface area contributed by atoms with Gasteiger partial charge >= 0.3 is 0 Å². The van der Waals surface area contributed by atoms with Gasteiger partial charge in [-0.05, 0) is 36.8 Å². The molecular weight excluding hydrogens is 302 g/mol. The first-order valence-electron chi connectivity index (χ1n) is 6.81. The molecule has 0 fully saturated rings. The number of amides is 1. The van der Waals surface area contributed by atoms with E-state index < -0.39 is 10.0 Å². The minimum absolute atomic E-state index is 0.0480. The molecule has 0 aromatic heterocycles. The Kier molecular flexibility index (Phi) is 3.58. The Labute approximate surface area is 128 Å². The zero-order chi connectivity index (χ0) is 15.7. The fraction of sp³-hybridized carbons (Fsp3) is 0.200. The molecule has 1 aromatic carbocycles. The third kappa shape index (κ3) is 2.94. The molecule has 3 rings (SSSR count). The maximum Gasteiger partial charge on any atom is 0.259 e. The molecule has 0 radical (unpaired) electrons. The summed E-state index contributed by atoms with van der Waals surface area (Å²) in [5.74, 6) is -0.247. The zero-order valence-electron chi connectivity index (χ0n) is 12.0. The quantitative estimate of drug-likeness (QED) is 0.895. The SMILES string of the molecule is Cc1cccc(NC(=O)C2=CC=CN3CCS(=O)(=O)N=C23)c1. The lowest BCUT2D eigenvalue weighted by molar-refractivity contribution is -0.112. The van der Waals surface area contributed by atoms with Gasteiger partial charge in [0, 0.05) is 18.4 Å². The van der Waals surface area contributed by atoms with E-state index in [-0.39, 0.29) is 23.1 Å². The van der Waals surface area contributed by atoms with Gasteiger partial charge in [0.1, 0.15) is 0 Å². The first-order valence-corrected chi connectivity index (χ1v) is 8.42. The first kappa shape index (κ1) is 14.5. The summed E-state index contributed by atoms with van der Waals surface area (Å²) < 4.78 is 27.1. The van der Waals surface area contributed by atoms with Crippen molar-refractivity contribution in [2.45, 2.75) is 6.92 Å². The number of fused-ring (bicyclic) bond motifs is 1. The molecule has 0 saturated heterocycles. The highest BCUT2D eigenvalue weighted by molar-refractivity contribution is 7.90. The molecule has 22 heavy (non-hydrogen) atoms. The number of rotatable bonds is 2. The van der Waals surface area contributed by atoms with E-state index in [4.69, 9.17) is 0 Å². The lowest BCUT2D eigenvalue weighted by Gasteiger charge is -2.28. The van der Waals surface area contributed by atoms with Gasteiger partial charge in [-0.1, -0.05) is 12.1 Å². The predicted octanol–water partition coefficient (Wildman–Crippen LogP) is 1.43. The average Bonchev–Trinajstić information content (AvgIpc) is 2.45. The molecule has 0 spiro atoms. The Hall–Kier alpha value is -2.41. The van der Waals surface area contributed by atoms with Gasteiger partial charge in [-0.25, -0.2) is 8.42 Å². The number of nitrogens with zero attached hydrogens (tertiary/aromatic N) is 2. The number of hydrogen-bond acceptors (Lipinski definition) is 4. The van der Waals surface area contributed by atoms with Crippen LogP contribution in [0, 0.1) is 6.92 Å². The maximum atomic E-state index is 12.4. The van der Waals surface area contributed by atoms with Gasteiger partial charge in [0.25, 0.3) is 15.9 Å². The summed E-state index contributed by atoms with van der Waals surface area (Å²) in [6, 6.07) is 7.39. The van der Waals surface area contributed by atoms with E-state index in [2.05, 4.69) is 9.71 Å². The standard InChI is InChI=1S/C15H15N3O3S/c1-11-4-2-5-12(10-11)16-15(19)13-6-3-7-18-8-9-22(20,21)17-14(13)18/h2-7,10H,8-9H2,1H3,(H,16,19). The van der Waals surface area contributed by atoms with Gasteiger partial charge in [-0.15, -0.1) is 4.40 Å². The van der Waals surface area contributed by atoms with Crippen LogP contribution in [0.25, 0.3) is 0 Å². The topological polar surface area (TPSA) is 78.8 Å². The molecular formula is C15H15N3O3S. The summed E-state index contributed by atoms with van der Waals surface area (Å²) in [5.41, 5.74) is 1.92. The fourth-order valence-corrected chi connectivity index (χ4v) is 3.30. The number of sulfonamides is 1. The number of carbonyl (C=O) groups excluding carboxylic acids is 1. The summed E-state index contributed by atoms with van der Waals surface area (Å²) in [6.45, 7) is 2.23. The van der Waals surface area contributed by atoms with Crippen LogP contribution in [-0.4, -0.2) is 37.4 Å². The minimum Gasteiger partial charge on any atom is -0.331 e. The first-order chi connectivity index (χ1) is 10.4. The summed E-state index contributed by atoms with van der Waals surface area (Å²) in [6.07, 6.45) is 5.00. The Morgan fingerprint density at radius 3 is 2.95 bits per heavy atom. The van der Waals surface area contributed by atoms with Crippen LogP contribution in [0.4, 0.5) is 5.69 Å². The van der Waals surface area contributed by atoms with Crippen molar-refractivity contribution in [1.82, 2.24) is 4.90 Å². The van der Waals surface area contributed by atoms with Crippen molar-refractivity contribution in [3.8, 4) is 0 Å². The second kappa shape index (κ2) is 5.42. The van der Waals surface area contributed by atoms with Gasteiger partial charge in [-0.2, -0.15) is 0 Å². The number of carbonyl (C=O) groups is 1. The number of benzene rings is 1. The van der Waals surface area contributed by atoms with Crippen molar-refractivity contribution in [3.63, 3.8) is 0 Å². The molecule has 1 aromatic rings. The van der Waals surface area contributed by atoms with Gasteiger partial charge < -0.3 is 10.2 Å². The highest BCUT2D eigenvalue weighted by Crippen LogP contribution is 2.19. The predicted molar refractivity (Wildman–Crippen MR) is 85.0 cm³/mol. The van der Waals surface area contributed by atoms with Gasteiger partial charge in [-0.3, -0.25) is 4.79 Å². The van der Waals surface area contributed by atoms with Crippen LogP contribution in [0.15, 0.2) is 52.6 Å². The molecule has 2 heterocycles. The fourth-order valence-electron chi connectivity index (χ4n) is 2.31. The van der Waals surface area contributed by atoms with Crippen molar-refractivity contribution in [2.24, 2.45) is 4.40 Å². The number of anilines is 1. The van der Waals surface area contributed by atoms with Crippen molar-refractivity contribution >= 4 is 27.5 Å². The number of amidine groups is 1. The summed E-state index contributed by atoms with van der Waals surface area (Å²) >= 11 is 0. The van der Waals surface area contributed by atoms with Crippen molar-refractivity contribution in [3.05, 3.63) is 53.8 Å². The molecule has 6 nitrogen and oxygen atoms in total. The van der Waals surface area contributed by atoms with Gasteiger partial charge in [0.2, 0.25) is 0 Å². The lowest BCUT2D eigenvalue weighted by atomic mass is 10.1. The number of hydrogen-bond donors (Lipinski definition) is 1. The zero-order valence-corrected chi connectivity index (χ0v) is 12.8. The van der Waals surface area contributed by atoms with E-state index in [1.165, 1.54) is 0 Å². The molecule has 2 aliphatic heterocycles. The van der Waals surface area contributed by atoms with Crippen molar-refractivity contribution < 1.29 is 13.2 Å². The van der Waals surface area contributed by atoms with Crippen LogP contribution in [0.2, 0.25) is 0 Å². The van der Waals surface area contributed by atoms with E-state index in [0.29, 0.717) is 12.2 Å². The normalized spacial score (nSPS) is 19.0. The summed E-state index contributed by atoms with van der Waals surface area (Å²) in [4.78, 5) is 14.1. The van der Waals surface area contributed by atoms with Gasteiger partial charge in [0.15, 0.2) is 5.84 Å². The summed E-state index contributed by atoms with van der Waals surface area (Å²) in [5, 5.41) is 2.77. The third-order valence-electron chi connectivity index (χ3n) is 3.38. The third-order valence-corrected chi connectivity index (χ3v) is 4.53. The molecule has 1 amide bonds. The van der Waals surface area contributed by atoms with Crippen LogP contribution >= 0.6 is 0 Å². The second-order valence-corrected chi connectivity index (χ2v) is 6.89. The molecule has 0 aliphatic carbocycles. The van der Waals surface area contributed by atoms with E-state index in [9.17, 15) is 13.2 Å². The van der Waals surface area contributed by atoms with E-state index in [1.54, 1.807) is 29.3 Å². The van der Waals surface area contributed by atoms with Crippen LogP contribution in [0.3, 0.4) is 0 Å². The molecule has 0 unspecified atom stereocenters. The number of aryl methyl sites for hydroxylation is 1. The molecule has 114 valence electrons. The van der Waals surface area contributed by atoms with Crippen LogP contribution in [0.5, 0.6) is 0 Å². The van der Waals surface area contributed by atoms with Crippen LogP contribution < -0.4 is 5.32 Å². The molecule has 0 atom stereocenters. The van der Waals surface area contributed by atoms with E-state index in [1.807, 2.05) is 25.1 Å². The molecule has 1 N–H and O–H groups in total. The largest absolute Gasteiger partial charge is 0.331 e.